The molecule has 0 spiro atoms. The number of pyridine rings is 1. The van der Waals surface area contributed by atoms with Gasteiger partial charge in [-0.3, -0.25) is 4.98 Å². The van der Waals surface area contributed by atoms with E-state index in [4.69, 9.17) is 4.74 Å². The van der Waals surface area contributed by atoms with Gasteiger partial charge in [0.05, 0.1) is 23.2 Å². The van der Waals surface area contributed by atoms with Gasteiger partial charge in [-0.2, -0.15) is 4.98 Å². The second-order valence-electron chi connectivity index (χ2n) is 4.43. The van der Waals surface area contributed by atoms with E-state index in [0.29, 0.717) is 18.3 Å². The Morgan fingerprint density at radius 3 is 2.60 bits per heavy atom. The van der Waals surface area contributed by atoms with E-state index >= 15 is 0 Å². The highest BCUT2D eigenvalue weighted by molar-refractivity contribution is 5.95. The van der Waals surface area contributed by atoms with Gasteiger partial charge in [0.2, 0.25) is 5.88 Å². The number of aryl methyl sites for hydroxylation is 1. The molecule has 0 aliphatic rings. The van der Waals surface area contributed by atoms with Crippen molar-refractivity contribution in [2.24, 2.45) is 0 Å². The maximum Gasteiger partial charge on any atom is 0.226 e. The van der Waals surface area contributed by atoms with Crippen molar-refractivity contribution in [1.82, 2.24) is 15.0 Å². The molecule has 0 saturated heterocycles. The Kier molecular flexibility index (Phi) is 3.29. The molecule has 0 amide bonds. The molecule has 0 radical (unpaired) electrons. The third-order valence-corrected chi connectivity index (χ3v) is 3.02. The molecule has 0 N–H and O–H groups in total. The topological polar surface area (TPSA) is 47.9 Å². The van der Waals surface area contributed by atoms with Crippen LogP contribution in [0.2, 0.25) is 0 Å². The Balaban J connectivity index is 2.33. The first-order chi connectivity index (χ1) is 9.79. The highest BCUT2D eigenvalue weighted by Gasteiger charge is 2.13. The predicted octanol–water partition coefficient (Wildman–Crippen LogP) is 3.40. The van der Waals surface area contributed by atoms with E-state index in [1.807, 2.05) is 50.2 Å². The maximum atomic E-state index is 5.67. The van der Waals surface area contributed by atoms with Crippen molar-refractivity contribution in [3.63, 3.8) is 0 Å². The van der Waals surface area contributed by atoms with Crippen molar-refractivity contribution >= 4 is 10.9 Å². The normalized spacial score (nSPS) is 10.7. The molecule has 3 rings (SSSR count). The number of rotatable bonds is 3. The molecule has 0 fully saturated rings. The zero-order valence-corrected chi connectivity index (χ0v) is 11.5. The van der Waals surface area contributed by atoms with Crippen LogP contribution in [0.15, 0.2) is 42.6 Å². The third-order valence-electron chi connectivity index (χ3n) is 3.02. The molecule has 0 aliphatic heterocycles. The van der Waals surface area contributed by atoms with Crippen LogP contribution < -0.4 is 4.74 Å². The summed E-state index contributed by atoms with van der Waals surface area (Å²) in [4.78, 5) is 13.4. The van der Waals surface area contributed by atoms with Gasteiger partial charge in [-0.15, -0.1) is 0 Å². The number of fused-ring (bicyclic) bond motifs is 1. The molecular weight excluding hydrogens is 250 g/mol. The summed E-state index contributed by atoms with van der Waals surface area (Å²) in [6.45, 7) is 4.38. The molecular formula is C16H15N3O. The number of ether oxygens (including phenoxy) is 1. The summed E-state index contributed by atoms with van der Waals surface area (Å²) in [6, 6.07) is 11.9. The Morgan fingerprint density at radius 2 is 1.85 bits per heavy atom. The Labute approximate surface area is 117 Å². The lowest BCUT2D eigenvalue weighted by molar-refractivity contribution is 0.330. The van der Waals surface area contributed by atoms with Crippen LogP contribution in [0.25, 0.3) is 22.2 Å². The Morgan fingerprint density at radius 1 is 1.05 bits per heavy atom. The highest BCUT2D eigenvalue weighted by Crippen LogP contribution is 2.31. The molecule has 4 heteroatoms. The first kappa shape index (κ1) is 12.5. The Hall–Kier alpha value is -2.49. The summed E-state index contributed by atoms with van der Waals surface area (Å²) in [5.74, 6) is 1.30. The van der Waals surface area contributed by atoms with Gasteiger partial charge in [0, 0.05) is 11.8 Å². The lowest BCUT2D eigenvalue weighted by Crippen LogP contribution is -2.01. The van der Waals surface area contributed by atoms with Crippen LogP contribution in [0.1, 0.15) is 12.7 Å². The average molecular weight is 265 g/mol. The van der Waals surface area contributed by atoms with E-state index in [9.17, 15) is 0 Å². The minimum atomic E-state index is 0.564. The van der Waals surface area contributed by atoms with Crippen LogP contribution in [0.3, 0.4) is 0 Å². The van der Waals surface area contributed by atoms with E-state index in [1.165, 1.54) is 0 Å². The monoisotopic (exact) mass is 265 g/mol. The molecule has 0 bridgehead atoms. The van der Waals surface area contributed by atoms with Gasteiger partial charge >= 0.3 is 0 Å². The van der Waals surface area contributed by atoms with Crippen LogP contribution >= 0.6 is 0 Å². The molecule has 0 atom stereocenters. The van der Waals surface area contributed by atoms with Gasteiger partial charge in [0.25, 0.3) is 0 Å². The summed E-state index contributed by atoms with van der Waals surface area (Å²) in [5, 5.41) is 0.867. The lowest BCUT2D eigenvalue weighted by Gasteiger charge is -2.10. The molecule has 0 saturated carbocycles. The number of benzene rings is 1. The van der Waals surface area contributed by atoms with Gasteiger partial charge < -0.3 is 4.74 Å². The van der Waals surface area contributed by atoms with Crippen molar-refractivity contribution in [3.8, 4) is 17.1 Å². The van der Waals surface area contributed by atoms with E-state index in [0.717, 1.165) is 22.2 Å². The second kappa shape index (κ2) is 5.25. The van der Waals surface area contributed by atoms with Crippen molar-refractivity contribution < 1.29 is 4.74 Å². The lowest BCUT2D eigenvalue weighted by atomic mass is 10.1. The fourth-order valence-electron chi connectivity index (χ4n) is 2.21. The van der Waals surface area contributed by atoms with Gasteiger partial charge in [-0.05, 0) is 19.9 Å². The average Bonchev–Trinajstić information content (AvgIpc) is 2.47. The molecule has 2 aromatic heterocycles. The third kappa shape index (κ3) is 2.20. The number of nitrogens with zero attached hydrogens (tertiary/aromatic N) is 3. The van der Waals surface area contributed by atoms with E-state index < -0.39 is 0 Å². The molecule has 1 aromatic carbocycles. The number of aromatic nitrogens is 3. The van der Waals surface area contributed by atoms with Crippen LogP contribution in [0.5, 0.6) is 5.88 Å². The summed E-state index contributed by atoms with van der Waals surface area (Å²) in [5.41, 5.74) is 2.74. The van der Waals surface area contributed by atoms with Crippen LogP contribution in [-0.2, 0) is 0 Å². The minimum absolute atomic E-state index is 0.564. The van der Waals surface area contributed by atoms with Crippen molar-refractivity contribution in [1.29, 1.82) is 0 Å². The van der Waals surface area contributed by atoms with Crippen LogP contribution in [0.4, 0.5) is 0 Å². The molecule has 2 heterocycles. The van der Waals surface area contributed by atoms with Crippen LogP contribution in [-0.4, -0.2) is 21.6 Å². The smallest absolute Gasteiger partial charge is 0.226 e. The van der Waals surface area contributed by atoms with E-state index in [-0.39, 0.29) is 0 Å². The summed E-state index contributed by atoms with van der Waals surface area (Å²) in [6.07, 6.45) is 1.77. The molecule has 0 unspecified atom stereocenters. The van der Waals surface area contributed by atoms with Gasteiger partial charge in [-0.25, -0.2) is 4.98 Å². The number of hydrogen-bond acceptors (Lipinski definition) is 4. The van der Waals surface area contributed by atoms with Gasteiger partial charge in [-0.1, -0.05) is 30.3 Å². The molecule has 4 nitrogen and oxygen atoms in total. The largest absolute Gasteiger partial charge is 0.477 e. The molecule has 100 valence electrons. The summed E-state index contributed by atoms with van der Waals surface area (Å²) in [7, 11) is 0. The molecule has 3 aromatic rings. The van der Waals surface area contributed by atoms with Crippen molar-refractivity contribution in [2.75, 3.05) is 6.61 Å². The zero-order chi connectivity index (χ0) is 13.9. The second-order valence-corrected chi connectivity index (χ2v) is 4.43. The SMILES string of the molecule is CCOc1nc(C)nc2ccnc(-c3ccccc3)c12. The zero-order valence-electron chi connectivity index (χ0n) is 11.5. The molecule has 0 aliphatic carbocycles. The number of hydrogen-bond donors (Lipinski definition) is 0. The quantitative estimate of drug-likeness (QED) is 0.728. The standard InChI is InChI=1S/C16H15N3O/c1-3-20-16-14-13(18-11(2)19-16)9-10-17-15(14)12-7-5-4-6-8-12/h4-10H,3H2,1-2H3. The predicted molar refractivity (Wildman–Crippen MR) is 78.7 cm³/mol. The first-order valence-corrected chi connectivity index (χ1v) is 6.61. The highest BCUT2D eigenvalue weighted by atomic mass is 16.5. The maximum absolute atomic E-state index is 5.67. The first-order valence-electron chi connectivity index (χ1n) is 6.61. The fourth-order valence-corrected chi connectivity index (χ4v) is 2.21. The summed E-state index contributed by atoms with van der Waals surface area (Å²) >= 11 is 0. The summed E-state index contributed by atoms with van der Waals surface area (Å²) < 4.78 is 5.67. The van der Waals surface area contributed by atoms with Crippen molar-refractivity contribution in [2.45, 2.75) is 13.8 Å². The van der Waals surface area contributed by atoms with E-state index in [1.54, 1.807) is 6.20 Å². The van der Waals surface area contributed by atoms with Crippen LogP contribution in [0, 0.1) is 6.92 Å². The van der Waals surface area contributed by atoms with Gasteiger partial charge in [0.1, 0.15) is 5.82 Å². The Bertz CT molecular complexity index is 741. The minimum Gasteiger partial charge on any atom is -0.477 e. The van der Waals surface area contributed by atoms with Crippen molar-refractivity contribution in [3.05, 3.63) is 48.4 Å². The molecule has 20 heavy (non-hydrogen) atoms. The van der Waals surface area contributed by atoms with E-state index in [2.05, 4.69) is 15.0 Å². The van der Waals surface area contributed by atoms with Gasteiger partial charge in [0.15, 0.2) is 0 Å². The fraction of sp³-hybridized carbons (Fsp3) is 0.188.